The smallest absolute Gasteiger partial charge is 0.226 e. The molecule has 0 spiro atoms. The first-order valence-electron chi connectivity index (χ1n) is 5.67. The van der Waals surface area contributed by atoms with Gasteiger partial charge in [-0.05, 0) is 18.1 Å². The van der Waals surface area contributed by atoms with E-state index in [-0.39, 0.29) is 0 Å². The molecule has 0 radical (unpaired) electrons. The molecule has 0 fully saturated rings. The van der Waals surface area contributed by atoms with Gasteiger partial charge in [-0.3, -0.25) is 0 Å². The zero-order valence-corrected chi connectivity index (χ0v) is 10.6. The van der Waals surface area contributed by atoms with Gasteiger partial charge in [-0.1, -0.05) is 13.8 Å². The Bertz CT molecular complexity index is 503. The van der Waals surface area contributed by atoms with E-state index in [4.69, 9.17) is 4.42 Å². The van der Waals surface area contributed by atoms with E-state index in [9.17, 15) is 0 Å². The van der Waals surface area contributed by atoms with Crippen LogP contribution in [0.2, 0.25) is 0 Å². The number of rotatable bonds is 3. The molecule has 17 heavy (non-hydrogen) atoms. The third-order valence-corrected chi connectivity index (χ3v) is 2.56. The van der Waals surface area contributed by atoms with E-state index in [2.05, 4.69) is 23.8 Å². The molecule has 0 aliphatic carbocycles. The Labute approximate surface area is 101 Å². The Hall–Kier alpha value is -1.84. The summed E-state index contributed by atoms with van der Waals surface area (Å²) in [5, 5.41) is 0. The van der Waals surface area contributed by atoms with Crippen molar-refractivity contribution in [2.24, 2.45) is 0 Å². The summed E-state index contributed by atoms with van der Waals surface area (Å²) in [6, 6.07) is 3.87. The molecular formula is C13H17N3O. The van der Waals surface area contributed by atoms with Crippen molar-refractivity contribution in [3.05, 3.63) is 30.3 Å². The maximum Gasteiger partial charge on any atom is 0.226 e. The fourth-order valence-electron chi connectivity index (χ4n) is 1.48. The summed E-state index contributed by atoms with van der Waals surface area (Å²) in [5.74, 6) is 1.92. The molecule has 0 aliphatic rings. The largest absolute Gasteiger partial charge is 0.444 e. The van der Waals surface area contributed by atoms with Crippen LogP contribution in [0.5, 0.6) is 0 Å². The lowest BCUT2D eigenvalue weighted by atomic mass is 10.2. The van der Waals surface area contributed by atoms with E-state index in [0.717, 1.165) is 17.1 Å². The number of aromatic nitrogens is 2. The molecule has 0 bridgehead atoms. The molecule has 0 N–H and O–H groups in total. The first-order valence-corrected chi connectivity index (χ1v) is 5.67. The summed E-state index contributed by atoms with van der Waals surface area (Å²) in [7, 11) is 3.92. The topological polar surface area (TPSA) is 42.2 Å². The highest BCUT2D eigenvalue weighted by atomic mass is 16.3. The number of anilines is 1. The number of nitrogens with zero attached hydrogens (tertiary/aromatic N) is 3. The minimum absolute atomic E-state index is 0.377. The summed E-state index contributed by atoms with van der Waals surface area (Å²) in [6.45, 7) is 4.19. The van der Waals surface area contributed by atoms with Crippen molar-refractivity contribution < 1.29 is 4.42 Å². The van der Waals surface area contributed by atoms with E-state index in [1.165, 1.54) is 0 Å². The predicted molar refractivity (Wildman–Crippen MR) is 68.2 cm³/mol. The van der Waals surface area contributed by atoms with Gasteiger partial charge in [-0.2, -0.15) is 0 Å². The van der Waals surface area contributed by atoms with Crippen LogP contribution in [0.1, 0.15) is 25.5 Å². The van der Waals surface area contributed by atoms with Gasteiger partial charge in [0.25, 0.3) is 0 Å². The molecule has 0 atom stereocenters. The molecule has 0 amide bonds. The average Bonchev–Trinajstić information content (AvgIpc) is 2.78. The van der Waals surface area contributed by atoms with Gasteiger partial charge < -0.3 is 9.32 Å². The SMILES string of the molecule is CC(C)c1coc(-c2ccnc(N(C)C)c2)n1. The number of hydrogen-bond donors (Lipinski definition) is 0. The molecule has 2 aromatic rings. The van der Waals surface area contributed by atoms with E-state index in [0.29, 0.717) is 11.8 Å². The van der Waals surface area contributed by atoms with Crippen molar-refractivity contribution in [1.29, 1.82) is 0 Å². The summed E-state index contributed by atoms with van der Waals surface area (Å²) in [5.41, 5.74) is 1.93. The maximum absolute atomic E-state index is 5.49. The Kier molecular flexibility index (Phi) is 3.13. The van der Waals surface area contributed by atoms with Crippen molar-refractivity contribution in [1.82, 2.24) is 9.97 Å². The highest BCUT2D eigenvalue weighted by Crippen LogP contribution is 2.23. The molecule has 4 nitrogen and oxygen atoms in total. The minimum Gasteiger partial charge on any atom is -0.444 e. The second-order valence-corrected chi connectivity index (χ2v) is 4.53. The fourth-order valence-corrected chi connectivity index (χ4v) is 1.48. The van der Waals surface area contributed by atoms with Crippen LogP contribution < -0.4 is 4.90 Å². The van der Waals surface area contributed by atoms with Gasteiger partial charge >= 0.3 is 0 Å². The Morgan fingerprint density at radius 2 is 2.06 bits per heavy atom. The molecule has 2 heterocycles. The van der Waals surface area contributed by atoms with E-state index >= 15 is 0 Å². The van der Waals surface area contributed by atoms with Gasteiger partial charge in [-0.15, -0.1) is 0 Å². The van der Waals surface area contributed by atoms with Gasteiger partial charge in [0, 0.05) is 25.9 Å². The summed E-state index contributed by atoms with van der Waals surface area (Å²) < 4.78 is 5.49. The van der Waals surface area contributed by atoms with Gasteiger partial charge in [-0.25, -0.2) is 9.97 Å². The van der Waals surface area contributed by atoms with Gasteiger partial charge in [0.1, 0.15) is 12.1 Å². The first kappa shape index (κ1) is 11.6. The van der Waals surface area contributed by atoms with E-state index < -0.39 is 0 Å². The van der Waals surface area contributed by atoms with Crippen LogP contribution in [0.15, 0.2) is 29.0 Å². The van der Waals surface area contributed by atoms with Crippen molar-refractivity contribution in [2.45, 2.75) is 19.8 Å². The quantitative estimate of drug-likeness (QED) is 0.814. The van der Waals surface area contributed by atoms with Gasteiger partial charge in [0.15, 0.2) is 0 Å². The molecule has 2 rings (SSSR count). The molecular weight excluding hydrogens is 214 g/mol. The monoisotopic (exact) mass is 231 g/mol. The lowest BCUT2D eigenvalue weighted by molar-refractivity contribution is 0.571. The van der Waals surface area contributed by atoms with E-state index in [1.54, 1.807) is 12.5 Å². The number of oxazole rings is 1. The lowest BCUT2D eigenvalue weighted by Crippen LogP contribution is -2.10. The molecule has 0 saturated heterocycles. The highest BCUT2D eigenvalue weighted by Gasteiger charge is 2.10. The summed E-state index contributed by atoms with van der Waals surface area (Å²) in [4.78, 5) is 10.7. The van der Waals surface area contributed by atoms with Crippen molar-refractivity contribution in [3.8, 4) is 11.5 Å². The molecule has 4 heteroatoms. The number of pyridine rings is 1. The van der Waals surface area contributed by atoms with E-state index in [1.807, 2.05) is 31.1 Å². The van der Waals surface area contributed by atoms with Crippen LogP contribution in [0, 0.1) is 0 Å². The Morgan fingerprint density at radius 3 is 2.65 bits per heavy atom. The first-order chi connectivity index (χ1) is 8.08. The minimum atomic E-state index is 0.377. The maximum atomic E-state index is 5.49. The molecule has 0 aromatic carbocycles. The molecule has 2 aromatic heterocycles. The summed E-state index contributed by atoms with van der Waals surface area (Å²) >= 11 is 0. The normalized spacial score (nSPS) is 10.9. The van der Waals surface area contributed by atoms with Gasteiger partial charge in [0.05, 0.1) is 5.69 Å². The van der Waals surface area contributed by atoms with Crippen LogP contribution >= 0.6 is 0 Å². The second kappa shape index (κ2) is 4.57. The highest BCUT2D eigenvalue weighted by molar-refractivity contribution is 5.58. The molecule has 0 saturated carbocycles. The predicted octanol–water partition coefficient (Wildman–Crippen LogP) is 2.93. The van der Waals surface area contributed by atoms with Gasteiger partial charge in [0.2, 0.25) is 5.89 Å². The zero-order valence-electron chi connectivity index (χ0n) is 10.6. The second-order valence-electron chi connectivity index (χ2n) is 4.53. The van der Waals surface area contributed by atoms with Crippen LogP contribution in [-0.2, 0) is 0 Å². The lowest BCUT2D eigenvalue weighted by Gasteiger charge is -2.10. The Balaban J connectivity index is 2.35. The average molecular weight is 231 g/mol. The third kappa shape index (κ3) is 2.46. The van der Waals surface area contributed by atoms with Crippen molar-refractivity contribution in [2.75, 3.05) is 19.0 Å². The van der Waals surface area contributed by atoms with Crippen LogP contribution in [-0.4, -0.2) is 24.1 Å². The molecule has 0 unspecified atom stereocenters. The standard InChI is InChI=1S/C13H17N3O/c1-9(2)11-8-17-13(15-11)10-5-6-14-12(7-10)16(3)4/h5-9H,1-4H3. The van der Waals surface area contributed by atoms with Crippen molar-refractivity contribution in [3.63, 3.8) is 0 Å². The fraction of sp³-hybridized carbons (Fsp3) is 0.385. The molecule has 90 valence electrons. The summed E-state index contributed by atoms with van der Waals surface area (Å²) in [6.07, 6.45) is 3.49. The van der Waals surface area contributed by atoms with Crippen molar-refractivity contribution >= 4 is 5.82 Å². The zero-order chi connectivity index (χ0) is 12.4. The van der Waals surface area contributed by atoms with Crippen LogP contribution in [0.25, 0.3) is 11.5 Å². The third-order valence-electron chi connectivity index (χ3n) is 2.56. The Morgan fingerprint density at radius 1 is 1.29 bits per heavy atom. The number of hydrogen-bond acceptors (Lipinski definition) is 4. The van der Waals surface area contributed by atoms with Crippen LogP contribution in [0.3, 0.4) is 0 Å². The van der Waals surface area contributed by atoms with Crippen LogP contribution in [0.4, 0.5) is 5.82 Å². The molecule has 0 aliphatic heterocycles.